The lowest BCUT2D eigenvalue weighted by Gasteiger charge is -2.26. The molecule has 0 N–H and O–H groups in total. The summed E-state index contributed by atoms with van der Waals surface area (Å²) in [6.07, 6.45) is -12.3. The zero-order valence-corrected chi connectivity index (χ0v) is 15.2. The van der Waals surface area contributed by atoms with Gasteiger partial charge >= 0.3 is 24.2 Å². The topological polar surface area (TPSA) is 26.3 Å². The van der Waals surface area contributed by atoms with Crippen LogP contribution in [0.15, 0.2) is 61.2 Å². The van der Waals surface area contributed by atoms with Gasteiger partial charge < -0.3 is 4.74 Å². The number of hydrogen-bond acceptors (Lipinski definition) is 2. The van der Waals surface area contributed by atoms with E-state index in [9.17, 15) is 35.5 Å². The summed E-state index contributed by atoms with van der Waals surface area (Å²) in [5.74, 6) is -7.45. The molecule has 0 aliphatic carbocycles. The van der Waals surface area contributed by atoms with Crippen molar-refractivity contribution in [3.8, 4) is 0 Å². The Hall–Kier alpha value is -2.84. The molecule has 2 aromatic carbocycles. The van der Waals surface area contributed by atoms with Crippen LogP contribution in [-0.4, -0.2) is 24.2 Å². The first-order chi connectivity index (χ1) is 13.2. The van der Waals surface area contributed by atoms with Gasteiger partial charge in [-0.2, -0.15) is 30.7 Å². The van der Waals surface area contributed by atoms with E-state index in [2.05, 4.69) is 60.4 Å². The monoisotopic (exact) mass is 422 g/mol. The summed E-state index contributed by atoms with van der Waals surface area (Å²) in [4.78, 5) is 10.6. The number of ether oxygens (including phenoxy) is 1. The van der Waals surface area contributed by atoms with Crippen LogP contribution in [0.25, 0.3) is 16.8 Å². The standard InChI is InChI=1S/C12H10.C8H7F7O2/c1-2-10-7-5-8-11-6-3-4-9-12(10)11;1-4(2)5(16)17-8(14,15)6(9,10)3-7(11,12)13/h2-9H,1H2;1,3H2,2H3. The molecule has 158 valence electrons. The number of benzene rings is 2. The van der Waals surface area contributed by atoms with Gasteiger partial charge in [-0.3, -0.25) is 0 Å². The van der Waals surface area contributed by atoms with E-state index in [1.807, 2.05) is 6.08 Å². The van der Waals surface area contributed by atoms with Crippen LogP contribution in [-0.2, 0) is 9.53 Å². The van der Waals surface area contributed by atoms with E-state index < -0.39 is 36.2 Å². The average Bonchev–Trinajstić information content (AvgIpc) is 2.59. The second-order valence-corrected chi connectivity index (χ2v) is 5.96. The fourth-order valence-corrected chi connectivity index (χ4v) is 2.06. The largest absolute Gasteiger partial charge is 0.466 e. The number of esters is 1. The highest BCUT2D eigenvalue weighted by atomic mass is 19.4. The van der Waals surface area contributed by atoms with Gasteiger partial charge in [-0.05, 0) is 23.3 Å². The van der Waals surface area contributed by atoms with Crippen molar-refractivity contribution >= 4 is 22.8 Å². The van der Waals surface area contributed by atoms with E-state index in [4.69, 9.17) is 0 Å². The molecular weight excluding hydrogens is 405 g/mol. The number of rotatable bonds is 5. The third-order valence-electron chi connectivity index (χ3n) is 3.46. The second-order valence-electron chi connectivity index (χ2n) is 5.96. The molecule has 0 saturated carbocycles. The highest BCUT2D eigenvalue weighted by Gasteiger charge is 2.64. The van der Waals surface area contributed by atoms with Gasteiger partial charge in [-0.25, -0.2) is 4.79 Å². The van der Waals surface area contributed by atoms with Crippen LogP contribution < -0.4 is 0 Å². The minimum Gasteiger partial charge on any atom is -0.393 e. The van der Waals surface area contributed by atoms with Crippen LogP contribution >= 0.6 is 0 Å². The molecule has 29 heavy (non-hydrogen) atoms. The van der Waals surface area contributed by atoms with E-state index in [1.54, 1.807) is 0 Å². The van der Waals surface area contributed by atoms with Crippen LogP contribution in [0.4, 0.5) is 30.7 Å². The minimum atomic E-state index is -5.56. The summed E-state index contributed by atoms with van der Waals surface area (Å²) >= 11 is 0. The molecule has 0 heterocycles. The number of hydrogen-bond donors (Lipinski definition) is 0. The van der Waals surface area contributed by atoms with Crippen LogP contribution in [0.3, 0.4) is 0 Å². The van der Waals surface area contributed by atoms with Crippen molar-refractivity contribution in [2.45, 2.75) is 31.6 Å². The van der Waals surface area contributed by atoms with Crippen molar-refractivity contribution in [2.24, 2.45) is 0 Å². The first-order valence-electron chi connectivity index (χ1n) is 8.01. The lowest BCUT2D eigenvalue weighted by Crippen LogP contribution is -2.47. The maximum atomic E-state index is 12.6. The van der Waals surface area contributed by atoms with E-state index >= 15 is 0 Å². The quantitative estimate of drug-likeness (QED) is 0.302. The first-order valence-corrected chi connectivity index (χ1v) is 8.01. The Labute approximate surface area is 162 Å². The minimum absolute atomic E-state index is 0.646. The SMILES string of the molecule is C=C(C)C(=O)OC(F)(F)C(F)(F)CC(F)(F)F.C=Cc1cccc2ccccc12. The fourth-order valence-electron chi connectivity index (χ4n) is 2.06. The normalized spacial score (nSPS) is 12.0. The molecule has 2 aromatic rings. The highest BCUT2D eigenvalue weighted by Crippen LogP contribution is 2.43. The van der Waals surface area contributed by atoms with Crippen LogP contribution in [0.5, 0.6) is 0 Å². The van der Waals surface area contributed by atoms with Gasteiger partial charge in [0.25, 0.3) is 0 Å². The molecule has 0 atom stereocenters. The highest BCUT2D eigenvalue weighted by molar-refractivity contribution is 5.90. The Morgan fingerprint density at radius 1 is 1.00 bits per heavy atom. The third-order valence-corrected chi connectivity index (χ3v) is 3.46. The Morgan fingerprint density at radius 2 is 1.55 bits per heavy atom. The predicted octanol–water partition coefficient (Wildman–Crippen LogP) is 6.77. The molecule has 0 aliphatic rings. The van der Waals surface area contributed by atoms with E-state index in [-0.39, 0.29) is 0 Å². The number of halogens is 7. The van der Waals surface area contributed by atoms with Gasteiger partial charge in [-0.1, -0.05) is 61.7 Å². The van der Waals surface area contributed by atoms with Crippen molar-refractivity contribution in [3.63, 3.8) is 0 Å². The predicted molar refractivity (Wildman–Crippen MR) is 95.5 cm³/mol. The van der Waals surface area contributed by atoms with Gasteiger partial charge in [0.15, 0.2) is 0 Å². The molecular formula is C20H17F7O2. The van der Waals surface area contributed by atoms with Crippen molar-refractivity contribution in [3.05, 3.63) is 66.8 Å². The van der Waals surface area contributed by atoms with Gasteiger partial charge in [0.2, 0.25) is 0 Å². The number of fused-ring (bicyclic) bond motifs is 1. The van der Waals surface area contributed by atoms with Crippen LogP contribution in [0.1, 0.15) is 18.9 Å². The molecule has 0 unspecified atom stereocenters. The Kier molecular flexibility index (Phi) is 7.60. The van der Waals surface area contributed by atoms with Gasteiger partial charge in [0, 0.05) is 5.57 Å². The van der Waals surface area contributed by atoms with Gasteiger partial charge in [-0.15, -0.1) is 0 Å². The molecule has 9 heteroatoms. The zero-order chi connectivity index (χ0) is 22.5. The maximum absolute atomic E-state index is 12.6. The van der Waals surface area contributed by atoms with E-state index in [1.165, 1.54) is 16.3 Å². The smallest absolute Gasteiger partial charge is 0.393 e. The summed E-state index contributed by atoms with van der Waals surface area (Å²) in [6, 6.07) is 14.6. The van der Waals surface area contributed by atoms with Gasteiger partial charge in [0.05, 0.1) is 0 Å². The van der Waals surface area contributed by atoms with Crippen molar-refractivity contribution in [1.29, 1.82) is 0 Å². The molecule has 0 amide bonds. The number of alkyl halides is 7. The van der Waals surface area contributed by atoms with Crippen LogP contribution in [0.2, 0.25) is 0 Å². The number of carbonyl (C=O) groups is 1. The molecule has 2 rings (SSSR count). The second kappa shape index (κ2) is 9.11. The fraction of sp³-hybridized carbons (Fsp3) is 0.250. The summed E-state index contributed by atoms with van der Waals surface area (Å²) in [7, 11) is 0. The average molecular weight is 422 g/mol. The summed E-state index contributed by atoms with van der Waals surface area (Å²) < 4.78 is 88.1. The molecule has 0 fully saturated rings. The molecule has 0 bridgehead atoms. The molecule has 0 spiro atoms. The Bertz CT molecular complexity index is 881. The van der Waals surface area contributed by atoms with E-state index in [0.717, 1.165) is 6.92 Å². The van der Waals surface area contributed by atoms with Gasteiger partial charge in [0.1, 0.15) is 6.42 Å². The third kappa shape index (κ3) is 6.92. The Balaban J connectivity index is 0.000000304. The molecule has 0 saturated heterocycles. The molecule has 2 nitrogen and oxygen atoms in total. The van der Waals surface area contributed by atoms with Crippen molar-refractivity contribution in [1.82, 2.24) is 0 Å². The van der Waals surface area contributed by atoms with E-state index in [0.29, 0.717) is 0 Å². The molecule has 0 aliphatic heterocycles. The zero-order valence-electron chi connectivity index (χ0n) is 15.2. The maximum Gasteiger partial charge on any atom is 0.466 e. The summed E-state index contributed by atoms with van der Waals surface area (Å²) in [6.45, 7) is 7.48. The molecule has 0 radical (unpaired) electrons. The lowest BCUT2D eigenvalue weighted by atomic mass is 10.1. The summed E-state index contributed by atoms with van der Waals surface area (Å²) in [5, 5.41) is 2.55. The lowest BCUT2D eigenvalue weighted by molar-refractivity contribution is -0.349. The summed E-state index contributed by atoms with van der Waals surface area (Å²) in [5.41, 5.74) is 0.556. The molecule has 0 aromatic heterocycles. The number of carbonyl (C=O) groups excluding carboxylic acids is 1. The van der Waals surface area contributed by atoms with Crippen molar-refractivity contribution < 1.29 is 40.3 Å². The van der Waals surface area contributed by atoms with Crippen molar-refractivity contribution in [2.75, 3.05) is 0 Å². The Morgan fingerprint density at radius 3 is 2.07 bits per heavy atom. The first kappa shape index (κ1) is 24.2. The van der Waals surface area contributed by atoms with Crippen LogP contribution in [0, 0.1) is 0 Å².